The fourth-order valence-corrected chi connectivity index (χ4v) is 3.90. The van der Waals surface area contributed by atoms with E-state index in [4.69, 9.17) is 18.7 Å². The molecule has 9 nitrogen and oxygen atoms in total. The summed E-state index contributed by atoms with van der Waals surface area (Å²) >= 11 is 0. The summed E-state index contributed by atoms with van der Waals surface area (Å²) in [6.07, 6.45) is 0. The summed E-state index contributed by atoms with van der Waals surface area (Å²) in [5.74, 6) is 0.0977. The minimum atomic E-state index is -0.937. The summed E-state index contributed by atoms with van der Waals surface area (Å²) in [6, 6.07) is 12.3. The minimum absolute atomic E-state index is 0.0815. The Kier molecular flexibility index (Phi) is 6.27. The van der Waals surface area contributed by atoms with Gasteiger partial charge in [-0.1, -0.05) is 17.3 Å². The van der Waals surface area contributed by atoms with Crippen LogP contribution in [0.2, 0.25) is 0 Å². The summed E-state index contributed by atoms with van der Waals surface area (Å²) < 4.78 is 21.2. The number of hydrogen-bond donors (Lipinski definition) is 1. The van der Waals surface area contributed by atoms with Crippen molar-refractivity contribution in [3.63, 3.8) is 0 Å². The Morgan fingerprint density at radius 2 is 1.76 bits per heavy atom. The van der Waals surface area contributed by atoms with Gasteiger partial charge in [0.15, 0.2) is 17.3 Å². The molecule has 0 saturated carbocycles. The van der Waals surface area contributed by atoms with Gasteiger partial charge >= 0.3 is 5.91 Å². The third-order valence-corrected chi connectivity index (χ3v) is 5.47. The topological polar surface area (TPSA) is 111 Å². The van der Waals surface area contributed by atoms with Gasteiger partial charge in [0, 0.05) is 11.6 Å². The number of hydrogen-bond acceptors (Lipinski definition) is 8. The lowest BCUT2D eigenvalue weighted by Gasteiger charge is -2.23. The van der Waals surface area contributed by atoms with E-state index in [1.807, 2.05) is 6.92 Å². The maximum absolute atomic E-state index is 13.2. The maximum atomic E-state index is 13.2. The summed E-state index contributed by atoms with van der Waals surface area (Å²) in [4.78, 5) is 27.5. The number of aromatic nitrogens is 1. The van der Waals surface area contributed by atoms with E-state index in [2.05, 4.69) is 5.16 Å². The fourth-order valence-electron chi connectivity index (χ4n) is 3.90. The van der Waals surface area contributed by atoms with Crippen LogP contribution < -0.4 is 19.1 Å². The highest BCUT2D eigenvalue weighted by atomic mass is 16.5. The van der Waals surface area contributed by atoms with Gasteiger partial charge in [0.2, 0.25) is 0 Å². The molecule has 1 atom stereocenters. The van der Waals surface area contributed by atoms with E-state index < -0.39 is 17.7 Å². The van der Waals surface area contributed by atoms with E-state index in [1.165, 1.54) is 25.2 Å². The van der Waals surface area contributed by atoms with Gasteiger partial charge in [-0.2, -0.15) is 0 Å². The molecular weight excluding hydrogens is 440 g/mol. The van der Waals surface area contributed by atoms with Crippen LogP contribution in [0.5, 0.6) is 17.2 Å². The van der Waals surface area contributed by atoms with Crippen molar-refractivity contribution in [2.24, 2.45) is 0 Å². The second-order valence-corrected chi connectivity index (χ2v) is 7.54. The Morgan fingerprint density at radius 1 is 1.06 bits per heavy atom. The molecular formula is C25H24N2O7. The van der Waals surface area contributed by atoms with E-state index in [-0.39, 0.29) is 17.2 Å². The zero-order valence-corrected chi connectivity index (χ0v) is 19.2. The van der Waals surface area contributed by atoms with Crippen LogP contribution in [0.4, 0.5) is 5.82 Å². The van der Waals surface area contributed by atoms with Crippen molar-refractivity contribution in [3.8, 4) is 17.2 Å². The molecule has 0 radical (unpaired) electrons. The summed E-state index contributed by atoms with van der Waals surface area (Å²) in [7, 11) is 2.96. The molecule has 1 aliphatic rings. The predicted molar refractivity (Wildman–Crippen MR) is 123 cm³/mol. The summed E-state index contributed by atoms with van der Waals surface area (Å²) in [5.41, 5.74) is 0.801. The van der Waals surface area contributed by atoms with Gasteiger partial charge in [0.05, 0.1) is 32.4 Å². The van der Waals surface area contributed by atoms with Crippen LogP contribution in [-0.4, -0.2) is 42.8 Å². The number of aryl methyl sites for hydroxylation is 1. The maximum Gasteiger partial charge on any atom is 0.301 e. The van der Waals surface area contributed by atoms with Crippen molar-refractivity contribution >= 4 is 23.3 Å². The highest BCUT2D eigenvalue weighted by Gasteiger charge is 2.48. The Labute approximate surface area is 196 Å². The number of aliphatic hydroxyl groups is 1. The molecule has 0 bridgehead atoms. The number of ketones is 1. The SMILES string of the molecule is CCOc1ccc([C@H]2C(=C(O)c3ccc(OC)c(OC)c3)C(=O)C(=O)N2c2cc(C)on2)cc1. The number of Topliss-reactive ketones (excluding diaryl/α,β-unsaturated/α-hetero) is 1. The fraction of sp³-hybridized carbons (Fsp3) is 0.240. The molecule has 1 aliphatic heterocycles. The largest absolute Gasteiger partial charge is 0.507 e. The van der Waals surface area contributed by atoms with E-state index in [1.54, 1.807) is 49.4 Å². The van der Waals surface area contributed by atoms with Crippen molar-refractivity contribution in [2.75, 3.05) is 25.7 Å². The lowest BCUT2D eigenvalue weighted by atomic mass is 9.95. The molecule has 1 N–H and O–H groups in total. The lowest BCUT2D eigenvalue weighted by Crippen LogP contribution is -2.29. The molecule has 176 valence electrons. The van der Waals surface area contributed by atoms with Crippen molar-refractivity contribution in [1.82, 2.24) is 5.16 Å². The normalized spacial score (nSPS) is 17.2. The van der Waals surface area contributed by atoms with Crippen molar-refractivity contribution in [3.05, 3.63) is 71.0 Å². The molecule has 2 aromatic carbocycles. The van der Waals surface area contributed by atoms with Crippen LogP contribution in [0.1, 0.15) is 29.9 Å². The number of anilines is 1. The smallest absolute Gasteiger partial charge is 0.301 e. The van der Waals surface area contributed by atoms with E-state index in [0.717, 1.165) is 0 Å². The molecule has 1 aromatic heterocycles. The van der Waals surface area contributed by atoms with Crippen LogP contribution in [0.15, 0.2) is 58.6 Å². The van der Waals surface area contributed by atoms with E-state index in [9.17, 15) is 14.7 Å². The highest BCUT2D eigenvalue weighted by molar-refractivity contribution is 6.51. The number of aliphatic hydroxyl groups excluding tert-OH is 1. The first-order chi connectivity index (χ1) is 16.4. The first-order valence-electron chi connectivity index (χ1n) is 10.6. The van der Waals surface area contributed by atoms with Gasteiger partial charge in [0.1, 0.15) is 17.3 Å². The van der Waals surface area contributed by atoms with Gasteiger partial charge in [-0.05, 0) is 49.7 Å². The molecule has 4 rings (SSSR count). The predicted octanol–water partition coefficient (Wildman–Crippen LogP) is 4.03. The highest BCUT2D eigenvalue weighted by Crippen LogP contribution is 2.43. The Hall–Kier alpha value is -4.27. The van der Waals surface area contributed by atoms with Crippen LogP contribution in [0.3, 0.4) is 0 Å². The molecule has 1 fully saturated rings. The lowest BCUT2D eigenvalue weighted by molar-refractivity contribution is -0.132. The van der Waals surface area contributed by atoms with Crippen LogP contribution in [0.25, 0.3) is 5.76 Å². The number of carbonyl (C=O) groups is 2. The Morgan fingerprint density at radius 3 is 2.35 bits per heavy atom. The third kappa shape index (κ3) is 3.96. The summed E-state index contributed by atoms with van der Waals surface area (Å²) in [6.45, 7) is 4.05. The minimum Gasteiger partial charge on any atom is -0.507 e. The first kappa shape index (κ1) is 22.9. The molecule has 9 heteroatoms. The molecule has 0 unspecified atom stereocenters. The standard InChI is InChI=1S/C25H24N2O7/c1-5-33-17-9-6-15(7-10-17)22-21(23(28)16-8-11-18(31-3)19(13-16)32-4)24(29)25(30)27(22)20-12-14(2)34-26-20/h6-13,22,28H,5H2,1-4H3/t22-/m0/s1. The molecule has 0 aliphatic carbocycles. The van der Waals surface area contributed by atoms with Gasteiger partial charge < -0.3 is 23.8 Å². The van der Waals surface area contributed by atoms with Crippen LogP contribution >= 0.6 is 0 Å². The van der Waals surface area contributed by atoms with Gasteiger partial charge in [-0.25, -0.2) is 0 Å². The van der Waals surface area contributed by atoms with Gasteiger partial charge in [-0.15, -0.1) is 0 Å². The third-order valence-electron chi connectivity index (χ3n) is 5.47. The second-order valence-electron chi connectivity index (χ2n) is 7.54. The van der Waals surface area contributed by atoms with Crippen molar-refractivity contribution in [1.29, 1.82) is 0 Å². The van der Waals surface area contributed by atoms with Gasteiger partial charge in [-0.3, -0.25) is 14.5 Å². The van der Waals surface area contributed by atoms with Crippen molar-refractivity contribution < 1.29 is 33.4 Å². The van der Waals surface area contributed by atoms with E-state index >= 15 is 0 Å². The zero-order chi connectivity index (χ0) is 24.4. The number of methoxy groups -OCH3 is 2. The average molecular weight is 464 g/mol. The van der Waals surface area contributed by atoms with Crippen molar-refractivity contribution in [2.45, 2.75) is 19.9 Å². The molecule has 1 saturated heterocycles. The zero-order valence-electron chi connectivity index (χ0n) is 19.2. The molecule has 0 spiro atoms. The first-order valence-corrected chi connectivity index (χ1v) is 10.6. The quantitative estimate of drug-likeness (QED) is 0.317. The molecule has 2 heterocycles. The number of carbonyl (C=O) groups excluding carboxylic acids is 2. The molecule has 3 aromatic rings. The summed E-state index contributed by atoms with van der Waals surface area (Å²) in [5, 5.41) is 15.2. The number of rotatable bonds is 7. The number of amides is 1. The Balaban J connectivity index is 1.90. The van der Waals surface area contributed by atoms with Crippen LogP contribution in [-0.2, 0) is 9.59 Å². The number of benzene rings is 2. The number of ether oxygens (including phenoxy) is 3. The second kappa shape index (κ2) is 9.30. The molecule has 34 heavy (non-hydrogen) atoms. The Bertz CT molecular complexity index is 1260. The number of nitrogens with zero attached hydrogens (tertiary/aromatic N) is 2. The monoisotopic (exact) mass is 464 g/mol. The van der Waals surface area contributed by atoms with Crippen LogP contribution in [0, 0.1) is 6.92 Å². The van der Waals surface area contributed by atoms with Gasteiger partial charge in [0.25, 0.3) is 5.78 Å². The average Bonchev–Trinajstić information content (AvgIpc) is 3.39. The van der Waals surface area contributed by atoms with E-state index in [0.29, 0.717) is 40.7 Å². The molecule has 1 amide bonds.